The zero-order valence-electron chi connectivity index (χ0n) is 14.0. The molecule has 2 aliphatic heterocycles. The molecule has 0 unspecified atom stereocenters. The fourth-order valence-corrected chi connectivity index (χ4v) is 4.76. The summed E-state index contributed by atoms with van der Waals surface area (Å²) in [6.07, 6.45) is 2.80. The molecule has 1 aliphatic carbocycles. The second-order valence-electron chi connectivity index (χ2n) is 7.51. The van der Waals surface area contributed by atoms with Crippen LogP contribution < -0.4 is 0 Å². The lowest BCUT2D eigenvalue weighted by Crippen LogP contribution is -2.40. The quantitative estimate of drug-likeness (QED) is 0.761. The molecule has 1 spiro atoms. The minimum absolute atomic E-state index is 0.277. The topological polar surface area (TPSA) is 29.5 Å². The largest absolute Gasteiger partial charge is 0.364 e. The number of fused-ring (bicyclic) bond motifs is 2. The van der Waals surface area contributed by atoms with E-state index in [1.165, 1.54) is 11.1 Å². The molecular weight excluding hydrogens is 378 g/mol. The Morgan fingerprint density at radius 3 is 2.56 bits per heavy atom. The second-order valence-corrected chi connectivity index (χ2v) is 8.42. The summed E-state index contributed by atoms with van der Waals surface area (Å²) < 4.78 is 7.26. The third-order valence-corrected chi connectivity index (χ3v) is 6.62. The number of carbonyl (C=O) groups excluding carboxylic acids is 1. The Hall–Kier alpha value is -1.65. The number of halogens is 1. The van der Waals surface area contributed by atoms with E-state index in [2.05, 4.69) is 52.3 Å². The van der Waals surface area contributed by atoms with Crippen LogP contribution in [-0.4, -0.2) is 23.9 Å². The van der Waals surface area contributed by atoms with Gasteiger partial charge in [0.25, 0.3) is 0 Å². The Balaban J connectivity index is 1.41. The summed E-state index contributed by atoms with van der Waals surface area (Å²) in [5, 5.41) is 0. The summed E-state index contributed by atoms with van der Waals surface area (Å²) >= 11 is 3.48. The average molecular weight is 398 g/mol. The van der Waals surface area contributed by atoms with E-state index in [0.29, 0.717) is 13.2 Å². The maximum atomic E-state index is 13.3. The molecule has 128 valence electrons. The van der Waals surface area contributed by atoms with Crippen molar-refractivity contribution in [3.05, 3.63) is 69.7 Å². The standard InChI is InChI=1S/C21H20BrNO2/c22-17-7-5-16(6-8-17)20(9-10-20)19(24)23-12-11-21(14-23)18-4-2-1-3-15(18)13-25-21/h1-8H,9-14H2/t21-/m0/s1. The van der Waals surface area contributed by atoms with Crippen molar-refractivity contribution < 1.29 is 9.53 Å². The monoisotopic (exact) mass is 397 g/mol. The van der Waals surface area contributed by atoms with Crippen LogP contribution in [0, 0.1) is 0 Å². The van der Waals surface area contributed by atoms with Crippen molar-refractivity contribution >= 4 is 21.8 Å². The van der Waals surface area contributed by atoms with Gasteiger partial charge in [0.2, 0.25) is 5.91 Å². The van der Waals surface area contributed by atoms with E-state index in [4.69, 9.17) is 4.74 Å². The zero-order valence-corrected chi connectivity index (χ0v) is 15.6. The van der Waals surface area contributed by atoms with Crippen molar-refractivity contribution in [2.24, 2.45) is 0 Å². The van der Waals surface area contributed by atoms with Crippen LogP contribution in [0.3, 0.4) is 0 Å². The van der Waals surface area contributed by atoms with Crippen molar-refractivity contribution in [3.63, 3.8) is 0 Å². The predicted octanol–water partition coefficient (Wildman–Crippen LogP) is 4.14. The molecule has 3 aliphatic rings. The molecule has 0 radical (unpaired) electrons. The van der Waals surface area contributed by atoms with Crippen LogP contribution in [0.25, 0.3) is 0 Å². The summed E-state index contributed by atoms with van der Waals surface area (Å²) in [6.45, 7) is 2.13. The minimum atomic E-state index is -0.301. The van der Waals surface area contributed by atoms with Gasteiger partial charge >= 0.3 is 0 Å². The number of hydrogen-bond acceptors (Lipinski definition) is 2. The van der Waals surface area contributed by atoms with Gasteiger partial charge in [-0.15, -0.1) is 0 Å². The van der Waals surface area contributed by atoms with E-state index < -0.39 is 0 Å². The van der Waals surface area contributed by atoms with Gasteiger partial charge in [-0.1, -0.05) is 52.3 Å². The van der Waals surface area contributed by atoms with E-state index in [9.17, 15) is 4.79 Å². The van der Waals surface area contributed by atoms with Crippen LogP contribution in [0.5, 0.6) is 0 Å². The highest BCUT2D eigenvalue weighted by Crippen LogP contribution is 2.52. The molecule has 1 saturated heterocycles. The molecule has 0 bridgehead atoms. The lowest BCUT2D eigenvalue weighted by Gasteiger charge is -2.27. The van der Waals surface area contributed by atoms with Crippen LogP contribution in [0.15, 0.2) is 53.0 Å². The summed E-state index contributed by atoms with van der Waals surface area (Å²) in [6, 6.07) is 16.7. The number of rotatable bonds is 2. The van der Waals surface area contributed by atoms with Crippen molar-refractivity contribution in [2.75, 3.05) is 13.1 Å². The fourth-order valence-electron chi connectivity index (χ4n) is 4.50. The molecule has 4 heteroatoms. The van der Waals surface area contributed by atoms with Gasteiger partial charge in [0.15, 0.2) is 0 Å². The first-order chi connectivity index (χ1) is 12.1. The number of amides is 1. The highest BCUT2D eigenvalue weighted by atomic mass is 79.9. The summed E-state index contributed by atoms with van der Waals surface area (Å²) in [7, 11) is 0. The molecule has 0 aromatic heterocycles. The van der Waals surface area contributed by atoms with Gasteiger partial charge in [-0.05, 0) is 48.1 Å². The zero-order chi connectivity index (χ0) is 17.1. The molecular formula is C21H20BrNO2. The molecule has 2 aromatic carbocycles. The molecule has 3 nitrogen and oxygen atoms in total. The highest BCUT2D eigenvalue weighted by Gasteiger charge is 2.56. The second kappa shape index (κ2) is 5.42. The van der Waals surface area contributed by atoms with Gasteiger partial charge in [-0.2, -0.15) is 0 Å². The summed E-state index contributed by atoms with van der Waals surface area (Å²) in [5.74, 6) is 0.277. The molecule has 1 amide bonds. The first-order valence-corrected chi connectivity index (χ1v) is 9.70. The summed E-state index contributed by atoms with van der Waals surface area (Å²) in [4.78, 5) is 15.4. The van der Waals surface area contributed by atoms with E-state index >= 15 is 0 Å². The van der Waals surface area contributed by atoms with Crippen LogP contribution >= 0.6 is 15.9 Å². The Bertz CT molecular complexity index is 843. The van der Waals surface area contributed by atoms with Gasteiger partial charge in [0.05, 0.1) is 18.6 Å². The lowest BCUT2D eigenvalue weighted by molar-refractivity contribution is -0.134. The van der Waals surface area contributed by atoms with E-state index in [-0.39, 0.29) is 16.9 Å². The number of ether oxygens (including phenoxy) is 1. The number of likely N-dealkylation sites (tertiary alicyclic amines) is 1. The molecule has 2 fully saturated rings. The Labute approximate surface area is 156 Å². The lowest BCUT2D eigenvalue weighted by atomic mass is 9.91. The van der Waals surface area contributed by atoms with Crippen molar-refractivity contribution in [3.8, 4) is 0 Å². The Morgan fingerprint density at radius 1 is 1.04 bits per heavy atom. The normalized spacial score (nSPS) is 26.0. The van der Waals surface area contributed by atoms with E-state index in [0.717, 1.165) is 35.8 Å². The van der Waals surface area contributed by atoms with Crippen LogP contribution in [0.2, 0.25) is 0 Å². The number of hydrogen-bond donors (Lipinski definition) is 0. The molecule has 25 heavy (non-hydrogen) atoms. The molecule has 1 saturated carbocycles. The number of benzene rings is 2. The maximum absolute atomic E-state index is 13.3. The number of carbonyl (C=O) groups is 1. The van der Waals surface area contributed by atoms with Crippen LogP contribution in [0.1, 0.15) is 36.0 Å². The van der Waals surface area contributed by atoms with E-state index in [1.807, 2.05) is 17.0 Å². The van der Waals surface area contributed by atoms with E-state index in [1.54, 1.807) is 0 Å². The maximum Gasteiger partial charge on any atom is 0.233 e. The Morgan fingerprint density at radius 2 is 1.80 bits per heavy atom. The molecule has 5 rings (SSSR count). The molecule has 0 N–H and O–H groups in total. The summed E-state index contributed by atoms with van der Waals surface area (Å²) in [5.41, 5.74) is 3.10. The molecule has 2 heterocycles. The van der Waals surface area contributed by atoms with Crippen LogP contribution in [0.4, 0.5) is 0 Å². The average Bonchev–Trinajstić information content (AvgIpc) is 3.22. The molecule has 1 atom stereocenters. The third-order valence-electron chi connectivity index (χ3n) is 6.09. The van der Waals surface area contributed by atoms with Crippen molar-refractivity contribution in [1.82, 2.24) is 4.90 Å². The van der Waals surface area contributed by atoms with Gasteiger partial charge in [0.1, 0.15) is 5.60 Å². The van der Waals surface area contributed by atoms with Crippen molar-refractivity contribution in [2.45, 2.75) is 36.9 Å². The smallest absolute Gasteiger partial charge is 0.233 e. The van der Waals surface area contributed by atoms with Crippen molar-refractivity contribution in [1.29, 1.82) is 0 Å². The Kier molecular flexibility index (Phi) is 3.38. The first kappa shape index (κ1) is 15.6. The first-order valence-electron chi connectivity index (χ1n) is 8.91. The van der Waals surface area contributed by atoms with Gasteiger partial charge in [-0.25, -0.2) is 0 Å². The predicted molar refractivity (Wildman–Crippen MR) is 99.2 cm³/mol. The van der Waals surface area contributed by atoms with Gasteiger partial charge in [-0.3, -0.25) is 4.79 Å². The van der Waals surface area contributed by atoms with Gasteiger partial charge in [0, 0.05) is 11.0 Å². The minimum Gasteiger partial charge on any atom is -0.364 e. The fraction of sp³-hybridized carbons (Fsp3) is 0.381. The van der Waals surface area contributed by atoms with Gasteiger partial charge < -0.3 is 9.64 Å². The molecule has 2 aromatic rings. The SMILES string of the molecule is O=C(N1CC[C@@]2(C1)OCc1ccccc12)C1(c2ccc(Br)cc2)CC1. The third kappa shape index (κ3) is 2.31. The number of nitrogens with zero attached hydrogens (tertiary/aromatic N) is 1. The van der Waals surface area contributed by atoms with Crippen LogP contribution in [-0.2, 0) is 27.2 Å². The highest BCUT2D eigenvalue weighted by molar-refractivity contribution is 9.10.